The normalized spacial score (nSPS) is 16.9. The SMILES string of the molecule is CNC(CC(C)C)C(=O)O[C@H](C)C(=O)N(C)C(CC(C)C)C(=O)O[C@H](Cc1ccccc1)C(=O)N(C)C(CC(C)C)C(=O)O[C@@H]1CCCN(C(CC(C)C)C(=O)O[C@H](Cc2ccccc2)C(=O)O)C1=O. The van der Waals surface area contributed by atoms with Crippen molar-refractivity contribution in [2.75, 3.05) is 27.7 Å². The summed E-state index contributed by atoms with van der Waals surface area (Å²) in [5, 5.41) is 12.9. The lowest BCUT2D eigenvalue weighted by Gasteiger charge is -2.38. The molecule has 17 nitrogen and oxygen atoms in total. The van der Waals surface area contributed by atoms with Crippen molar-refractivity contribution >= 4 is 47.6 Å². The summed E-state index contributed by atoms with van der Waals surface area (Å²) < 4.78 is 23.2. The molecular weight excluding hydrogens is 901 g/mol. The Morgan fingerprint density at radius 3 is 1.59 bits per heavy atom. The van der Waals surface area contributed by atoms with E-state index in [0.717, 1.165) is 4.90 Å². The maximum atomic E-state index is 14.7. The number of carboxylic acid groups (broad SMARTS) is 1. The first-order valence-electron chi connectivity index (χ1n) is 24.6. The van der Waals surface area contributed by atoms with Crippen LogP contribution in [0.5, 0.6) is 0 Å². The average Bonchev–Trinajstić information content (AvgIpc) is 3.30. The Balaban J connectivity index is 1.89. The van der Waals surface area contributed by atoms with Gasteiger partial charge in [-0.05, 0) is 87.3 Å². The van der Waals surface area contributed by atoms with Crippen molar-refractivity contribution in [2.24, 2.45) is 23.7 Å². The molecule has 388 valence electrons. The van der Waals surface area contributed by atoms with Crippen LogP contribution in [0.4, 0.5) is 0 Å². The van der Waals surface area contributed by atoms with Crippen LogP contribution >= 0.6 is 0 Å². The topological polar surface area (TPSA) is 215 Å². The van der Waals surface area contributed by atoms with Gasteiger partial charge in [-0.1, -0.05) is 116 Å². The van der Waals surface area contributed by atoms with Crippen LogP contribution in [0.15, 0.2) is 60.7 Å². The first kappa shape index (κ1) is 58.5. The van der Waals surface area contributed by atoms with Crippen molar-refractivity contribution in [2.45, 2.75) is 162 Å². The minimum Gasteiger partial charge on any atom is -0.478 e. The third-order valence-corrected chi connectivity index (χ3v) is 12.2. The van der Waals surface area contributed by atoms with Gasteiger partial charge >= 0.3 is 29.8 Å². The minimum atomic E-state index is -1.51. The Hall–Kier alpha value is -5.84. The van der Waals surface area contributed by atoms with Gasteiger partial charge in [-0.3, -0.25) is 19.2 Å². The number of benzene rings is 2. The van der Waals surface area contributed by atoms with Crippen LogP contribution in [-0.4, -0.2) is 144 Å². The first-order chi connectivity index (χ1) is 32.9. The van der Waals surface area contributed by atoms with Crippen LogP contribution in [0.3, 0.4) is 0 Å². The number of hydrogen-bond acceptors (Lipinski definition) is 13. The highest BCUT2D eigenvalue weighted by Crippen LogP contribution is 2.26. The molecule has 1 fully saturated rings. The second-order valence-corrected chi connectivity index (χ2v) is 20.1. The summed E-state index contributed by atoms with van der Waals surface area (Å²) in [4.78, 5) is 114. The third kappa shape index (κ3) is 17.8. The smallest absolute Gasteiger partial charge is 0.345 e. The molecule has 1 aliphatic heterocycles. The van der Waals surface area contributed by atoms with Crippen LogP contribution in [0, 0.1) is 23.7 Å². The van der Waals surface area contributed by atoms with Gasteiger partial charge in [0.25, 0.3) is 17.7 Å². The van der Waals surface area contributed by atoms with Crippen LogP contribution in [-0.2, 0) is 70.1 Å². The van der Waals surface area contributed by atoms with Crippen LogP contribution in [0.2, 0.25) is 0 Å². The fourth-order valence-electron chi connectivity index (χ4n) is 8.40. The average molecular weight is 979 g/mol. The molecule has 17 heteroatoms. The molecule has 1 saturated heterocycles. The van der Waals surface area contributed by atoms with Crippen molar-refractivity contribution < 1.29 is 62.4 Å². The Morgan fingerprint density at radius 2 is 1.10 bits per heavy atom. The summed E-state index contributed by atoms with van der Waals surface area (Å²) in [5.41, 5.74) is 1.29. The van der Waals surface area contributed by atoms with Gasteiger partial charge < -0.3 is 44.1 Å². The summed E-state index contributed by atoms with van der Waals surface area (Å²) in [6.45, 7) is 16.6. The number of likely N-dealkylation sites (tertiary alicyclic amines) is 1. The van der Waals surface area contributed by atoms with Gasteiger partial charge in [0.2, 0.25) is 6.10 Å². The molecular formula is C53H78N4O13. The van der Waals surface area contributed by atoms with E-state index in [0.29, 0.717) is 24.0 Å². The van der Waals surface area contributed by atoms with Gasteiger partial charge in [0, 0.05) is 33.5 Å². The van der Waals surface area contributed by atoms with E-state index in [1.807, 2.05) is 55.4 Å². The van der Waals surface area contributed by atoms with Crippen molar-refractivity contribution in [1.82, 2.24) is 20.0 Å². The predicted molar refractivity (Wildman–Crippen MR) is 262 cm³/mol. The van der Waals surface area contributed by atoms with Gasteiger partial charge in [0.1, 0.15) is 24.2 Å². The van der Waals surface area contributed by atoms with Crippen molar-refractivity contribution in [3.63, 3.8) is 0 Å². The van der Waals surface area contributed by atoms with E-state index in [-0.39, 0.29) is 68.7 Å². The van der Waals surface area contributed by atoms with E-state index in [1.54, 1.807) is 67.7 Å². The summed E-state index contributed by atoms with van der Waals surface area (Å²) >= 11 is 0. The zero-order chi connectivity index (χ0) is 52.4. The lowest BCUT2D eigenvalue weighted by Crippen LogP contribution is -2.56. The number of esters is 4. The quantitative estimate of drug-likeness (QED) is 0.0819. The second-order valence-electron chi connectivity index (χ2n) is 20.1. The molecule has 1 aliphatic rings. The highest BCUT2D eigenvalue weighted by molar-refractivity contribution is 5.93. The molecule has 2 aromatic rings. The second kappa shape index (κ2) is 28.1. The number of likely N-dealkylation sites (N-methyl/N-ethyl adjacent to an activating group) is 3. The fourth-order valence-corrected chi connectivity index (χ4v) is 8.40. The number of rotatable bonds is 27. The van der Waals surface area contributed by atoms with E-state index in [2.05, 4.69) is 5.32 Å². The van der Waals surface area contributed by atoms with Gasteiger partial charge in [0.15, 0.2) is 18.3 Å². The van der Waals surface area contributed by atoms with E-state index >= 15 is 0 Å². The summed E-state index contributed by atoms with van der Waals surface area (Å²) in [6.07, 6.45) is -4.36. The Morgan fingerprint density at radius 1 is 0.629 bits per heavy atom. The number of amides is 3. The molecule has 1 heterocycles. The van der Waals surface area contributed by atoms with Crippen LogP contribution in [0.1, 0.15) is 112 Å². The predicted octanol–water partition coefficient (Wildman–Crippen LogP) is 5.64. The molecule has 2 aromatic carbocycles. The summed E-state index contributed by atoms with van der Waals surface area (Å²) in [7, 11) is 4.45. The molecule has 0 saturated carbocycles. The van der Waals surface area contributed by atoms with Crippen molar-refractivity contribution in [1.29, 1.82) is 0 Å². The van der Waals surface area contributed by atoms with Crippen molar-refractivity contribution in [3.8, 4) is 0 Å². The van der Waals surface area contributed by atoms with Crippen LogP contribution < -0.4 is 5.32 Å². The molecule has 0 bridgehead atoms. The van der Waals surface area contributed by atoms with Gasteiger partial charge in [0.05, 0.1) is 0 Å². The Bertz CT molecular complexity index is 2050. The molecule has 3 amide bonds. The molecule has 4 unspecified atom stereocenters. The maximum Gasteiger partial charge on any atom is 0.345 e. The van der Waals surface area contributed by atoms with E-state index in [4.69, 9.17) is 18.9 Å². The largest absolute Gasteiger partial charge is 0.478 e. The molecule has 0 aliphatic carbocycles. The number of nitrogens with one attached hydrogen (secondary N) is 1. The summed E-state index contributed by atoms with van der Waals surface area (Å²) in [6, 6.07) is 13.3. The number of carbonyl (C=O) groups excluding carboxylic acids is 7. The highest BCUT2D eigenvalue weighted by Gasteiger charge is 2.43. The lowest BCUT2D eigenvalue weighted by molar-refractivity contribution is -0.178. The number of piperidine rings is 1. The molecule has 0 radical (unpaired) electrons. The van der Waals surface area contributed by atoms with E-state index < -0.39 is 96.2 Å². The zero-order valence-corrected chi connectivity index (χ0v) is 43.3. The zero-order valence-electron chi connectivity index (χ0n) is 43.3. The maximum absolute atomic E-state index is 14.7. The number of hydrogen-bond donors (Lipinski definition) is 2. The summed E-state index contributed by atoms with van der Waals surface area (Å²) in [5.74, 6) is -6.84. The lowest BCUT2D eigenvalue weighted by atomic mass is 9.97. The molecule has 2 N–H and O–H groups in total. The Labute approximate surface area is 414 Å². The number of carboxylic acids is 1. The number of carbonyl (C=O) groups is 8. The van der Waals surface area contributed by atoms with E-state index in [9.17, 15) is 43.5 Å². The third-order valence-electron chi connectivity index (χ3n) is 12.2. The molecule has 0 aromatic heterocycles. The number of ether oxygens (including phenoxy) is 4. The van der Waals surface area contributed by atoms with E-state index in [1.165, 1.54) is 30.8 Å². The monoisotopic (exact) mass is 979 g/mol. The Kier molecular flexibility index (Phi) is 23.5. The van der Waals surface area contributed by atoms with Crippen molar-refractivity contribution in [3.05, 3.63) is 71.8 Å². The highest BCUT2D eigenvalue weighted by atomic mass is 16.6. The molecule has 70 heavy (non-hydrogen) atoms. The standard InChI is InChI=1S/C53H78N4O13/c1-32(2)26-39(54-10)50(63)67-36(9)46(58)55(11)40(27-33(3)4)52(65)69-44(30-37-20-15-13-16-21-37)47(59)56(12)41(28-34(5)6)51(64)68-43-24-19-25-57(48(43)60)42(29-35(7)8)53(66)70-45(49(61)62)31-38-22-17-14-18-23-38/h13-18,20-23,32-36,39-45,54H,19,24-31H2,1-12H3,(H,61,62)/t36-,39?,40?,41?,42?,43-,44-,45-/m1/s1. The minimum absolute atomic E-state index is 0.0803. The van der Waals surface area contributed by atoms with Gasteiger partial charge in [-0.25, -0.2) is 19.2 Å². The number of nitrogens with zero attached hydrogens (tertiary/aromatic N) is 3. The molecule has 0 spiro atoms. The number of aliphatic carboxylic acids is 1. The van der Waals surface area contributed by atoms with Crippen LogP contribution in [0.25, 0.3) is 0 Å². The van der Waals surface area contributed by atoms with Gasteiger partial charge in [-0.2, -0.15) is 0 Å². The van der Waals surface area contributed by atoms with Gasteiger partial charge in [-0.15, -0.1) is 0 Å². The molecule has 8 atom stereocenters. The first-order valence-corrected chi connectivity index (χ1v) is 24.6. The fraction of sp³-hybridized carbons (Fsp3) is 0.623. The molecule has 3 rings (SSSR count).